The largest absolute Gasteiger partial charge is 0.481 e. The van der Waals surface area contributed by atoms with Crippen molar-refractivity contribution in [2.24, 2.45) is 56.2 Å². The first kappa shape index (κ1) is 39.3. The first-order valence-electron chi connectivity index (χ1n) is 20.2. The van der Waals surface area contributed by atoms with Gasteiger partial charge in [0.25, 0.3) is 0 Å². The fourth-order valence-electron chi connectivity index (χ4n) is 13.2. The van der Waals surface area contributed by atoms with E-state index in [1.807, 2.05) is 12.1 Å². The molecule has 294 valence electrons. The number of esters is 1. The predicted molar refractivity (Wildman–Crippen MR) is 207 cm³/mol. The van der Waals surface area contributed by atoms with E-state index in [0.29, 0.717) is 29.0 Å². The van der Waals surface area contributed by atoms with Crippen molar-refractivity contribution >= 4 is 29.3 Å². The SMILES string of the molecule is CC(C)C1=C2C3CC[C@@H]4C5(C)CCC(OC(=O)CC(C)(C)C(=O)O)C(C)(C)[C@@H]5CC[C@@]4(C)[C@]3(C)CC[C@@]2([C@@H](O)c2ncc(-c3ccc(Cl)cc3)o2)CC1=O. The summed E-state index contributed by atoms with van der Waals surface area (Å²) in [7, 11) is 0. The molecule has 1 aromatic heterocycles. The average molecular weight is 762 g/mol. The smallest absolute Gasteiger partial charge is 0.309 e. The Kier molecular flexibility index (Phi) is 9.48. The first-order valence-corrected chi connectivity index (χ1v) is 20.6. The van der Waals surface area contributed by atoms with Crippen LogP contribution in [0.25, 0.3) is 11.3 Å². The number of aliphatic hydroxyl groups is 1. The zero-order chi connectivity index (χ0) is 39.4. The van der Waals surface area contributed by atoms with Gasteiger partial charge >= 0.3 is 11.9 Å². The van der Waals surface area contributed by atoms with Gasteiger partial charge < -0.3 is 19.4 Å². The van der Waals surface area contributed by atoms with E-state index in [1.165, 1.54) is 5.57 Å². The molecular weight excluding hydrogens is 702 g/mol. The van der Waals surface area contributed by atoms with Gasteiger partial charge in [0.05, 0.1) is 18.0 Å². The van der Waals surface area contributed by atoms with Crippen molar-refractivity contribution in [2.45, 2.75) is 139 Å². The lowest BCUT2D eigenvalue weighted by atomic mass is 9.33. The van der Waals surface area contributed by atoms with Crippen molar-refractivity contribution in [3.8, 4) is 11.3 Å². The molecule has 0 amide bonds. The van der Waals surface area contributed by atoms with E-state index in [1.54, 1.807) is 32.2 Å². The van der Waals surface area contributed by atoms with Crippen LogP contribution in [0.1, 0.15) is 139 Å². The monoisotopic (exact) mass is 761 g/mol. The zero-order valence-electron chi connectivity index (χ0n) is 33.7. The second kappa shape index (κ2) is 13.0. The number of Topliss-reactive ketones (excluding diaryl/α,β-unsaturated/α-hetero) is 1. The lowest BCUT2D eigenvalue weighted by Gasteiger charge is -2.72. The predicted octanol–water partition coefficient (Wildman–Crippen LogP) is 10.4. The standard InChI is InChI=1S/C45H60ClNO7/c1-25(2)35-29(48)22-45(37(50)38-47-24-30(53-38)26-10-12-27(46)13-11-26)21-20-43(8)28(36(35)45)14-15-32-42(7)18-17-33(54-34(49)23-40(3,4)39(51)52)41(5,6)31(42)16-19-44(32,43)9/h10-13,24-25,28,31-33,37,50H,14-23H2,1-9H3,(H,51,52)/t28?,31-,32+,33?,37-,42?,43+,44+,45+/m0/s1. The number of aromatic nitrogens is 1. The fraction of sp³-hybridized carbons (Fsp3) is 0.689. The summed E-state index contributed by atoms with van der Waals surface area (Å²) in [5, 5.41) is 22.6. The molecule has 0 bridgehead atoms. The van der Waals surface area contributed by atoms with Crippen molar-refractivity contribution in [3.05, 3.63) is 52.5 Å². The van der Waals surface area contributed by atoms with Crippen LogP contribution in [0.3, 0.4) is 0 Å². The summed E-state index contributed by atoms with van der Waals surface area (Å²) in [6.07, 6.45) is 7.82. The minimum Gasteiger partial charge on any atom is -0.481 e. The number of allylic oxidation sites excluding steroid dienone is 1. The highest BCUT2D eigenvalue weighted by atomic mass is 35.5. The van der Waals surface area contributed by atoms with Crippen LogP contribution in [0.5, 0.6) is 0 Å². The van der Waals surface area contributed by atoms with Crippen LogP contribution >= 0.6 is 11.6 Å². The molecule has 4 fully saturated rings. The van der Waals surface area contributed by atoms with Crippen LogP contribution < -0.4 is 0 Å². The number of benzene rings is 1. The number of carboxylic acids is 1. The van der Waals surface area contributed by atoms with Gasteiger partial charge in [0.15, 0.2) is 11.5 Å². The van der Waals surface area contributed by atoms with Gasteiger partial charge in [-0.1, -0.05) is 60.1 Å². The van der Waals surface area contributed by atoms with Crippen LogP contribution in [0, 0.1) is 56.2 Å². The van der Waals surface area contributed by atoms with Gasteiger partial charge in [-0.05, 0) is 141 Å². The van der Waals surface area contributed by atoms with Gasteiger partial charge in [0.2, 0.25) is 5.89 Å². The van der Waals surface area contributed by atoms with Gasteiger partial charge in [0.1, 0.15) is 12.2 Å². The molecule has 5 aliphatic carbocycles. The molecule has 4 saturated carbocycles. The highest BCUT2D eigenvalue weighted by molar-refractivity contribution is 6.30. The highest BCUT2D eigenvalue weighted by Crippen LogP contribution is 2.77. The van der Waals surface area contributed by atoms with Crippen molar-refractivity contribution < 1.29 is 33.8 Å². The van der Waals surface area contributed by atoms with E-state index in [0.717, 1.165) is 56.1 Å². The van der Waals surface area contributed by atoms with E-state index >= 15 is 0 Å². The number of hydrogen-bond donors (Lipinski definition) is 2. The van der Waals surface area contributed by atoms with E-state index < -0.39 is 28.9 Å². The Morgan fingerprint density at radius 2 is 1.65 bits per heavy atom. The molecule has 0 spiro atoms. The van der Waals surface area contributed by atoms with Gasteiger partial charge in [0, 0.05) is 27.8 Å². The number of halogens is 1. The summed E-state index contributed by atoms with van der Waals surface area (Å²) in [6, 6.07) is 7.36. The number of rotatable bonds is 8. The molecule has 9 heteroatoms. The Labute approximate surface area is 325 Å². The molecule has 1 aromatic carbocycles. The van der Waals surface area contributed by atoms with Gasteiger partial charge in [-0.3, -0.25) is 14.4 Å². The van der Waals surface area contributed by atoms with Crippen molar-refractivity contribution in [1.82, 2.24) is 4.98 Å². The number of aliphatic carboxylic acids is 1. The summed E-state index contributed by atoms with van der Waals surface area (Å²) in [5.41, 5.74) is 0.630. The number of oxazole rings is 1. The van der Waals surface area contributed by atoms with Crippen LogP contribution in [0.2, 0.25) is 5.02 Å². The molecule has 2 N–H and O–H groups in total. The maximum atomic E-state index is 14.2. The molecule has 1 heterocycles. The maximum absolute atomic E-state index is 14.2. The van der Waals surface area contributed by atoms with Crippen LogP contribution in [0.15, 0.2) is 46.0 Å². The van der Waals surface area contributed by atoms with Crippen molar-refractivity contribution in [3.63, 3.8) is 0 Å². The second-order valence-electron chi connectivity index (χ2n) is 20.0. The third kappa shape index (κ3) is 5.69. The van der Waals surface area contributed by atoms with E-state index in [2.05, 4.69) is 53.5 Å². The molecule has 0 saturated heterocycles. The quantitative estimate of drug-likeness (QED) is 0.255. The molecule has 54 heavy (non-hydrogen) atoms. The summed E-state index contributed by atoms with van der Waals surface area (Å²) in [4.78, 5) is 43.6. The Morgan fingerprint density at radius 1 is 0.963 bits per heavy atom. The number of carbonyl (C=O) groups is 3. The number of aliphatic hydroxyl groups excluding tert-OH is 1. The van der Waals surface area contributed by atoms with Crippen molar-refractivity contribution in [2.75, 3.05) is 0 Å². The van der Waals surface area contributed by atoms with E-state index in [4.69, 9.17) is 20.8 Å². The average Bonchev–Trinajstić information content (AvgIpc) is 3.69. The molecule has 0 aliphatic heterocycles. The fourth-order valence-corrected chi connectivity index (χ4v) is 13.4. The summed E-state index contributed by atoms with van der Waals surface area (Å²) < 4.78 is 12.5. The molecule has 9 atom stereocenters. The molecular formula is C45H60ClNO7. The molecule has 3 unspecified atom stereocenters. The zero-order valence-corrected chi connectivity index (χ0v) is 34.4. The van der Waals surface area contributed by atoms with Crippen LogP contribution in [-0.4, -0.2) is 39.0 Å². The summed E-state index contributed by atoms with van der Waals surface area (Å²) in [5.74, 6) is 0.511. The Morgan fingerprint density at radius 3 is 2.30 bits per heavy atom. The Hall–Kier alpha value is -2.97. The minimum absolute atomic E-state index is 0.00516. The number of ether oxygens (including phenoxy) is 1. The van der Waals surface area contributed by atoms with Gasteiger partial charge in [-0.15, -0.1) is 0 Å². The second-order valence-corrected chi connectivity index (χ2v) is 20.5. The number of hydrogen-bond acceptors (Lipinski definition) is 7. The van der Waals surface area contributed by atoms with E-state index in [-0.39, 0.29) is 64.1 Å². The van der Waals surface area contributed by atoms with E-state index in [9.17, 15) is 24.6 Å². The van der Waals surface area contributed by atoms with Crippen LogP contribution in [0.4, 0.5) is 0 Å². The molecule has 5 aliphatic rings. The third-order valence-electron chi connectivity index (χ3n) is 16.3. The molecule has 0 radical (unpaired) electrons. The molecule has 2 aromatic rings. The van der Waals surface area contributed by atoms with Gasteiger partial charge in [-0.2, -0.15) is 0 Å². The number of ketones is 1. The number of carboxylic acid groups (broad SMARTS) is 1. The Balaban J connectivity index is 1.19. The van der Waals surface area contributed by atoms with Crippen molar-refractivity contribution in [1.29, 1.82) is 0 Å². The topological polar surface area (TPSA) is 127 Å². The third-order valence-corrected chi connectivity index (χ3v) is 16.5. The number of nitrogens with zero attached hydrogens (tertiary/aromatic N) is 1. The summed E-state index contributed by atoms with van der Waals surface area (Å²) in [6.45, 7) is 19.4. The lowest BCUT2D eigenvalue weighted by molar-refractivity contribution is -0.235. The van der Waals surface area contributed by atoms with Crippen LogP contribution in [-0.2, 0) is 19.1 Å². The lowest BCUT2D eigenvalue weighted by Crippen LogP contribution is -2.66. The highest BCUT2D eigenvalue weighted by Gasteiger charge is 2.71. The number of carbonyl (C=O) groups excluding carboxylic acids is 2. The number of fused-ring (bicyclic) bond motifs is 7. The first-order chi connectivity index (χ1) is 25.1. The normalized spacial score (nSPS) is 36.6. The summed E-state index contributed by atoms with van der Waals surface area (Å²) >= 11 is 6.14. The Bertz CT molecular complexity index is 1880. The van der Waals surface area contributed by atoms with Gasteiger partial charge in [-0.25, -0.2) is 4.98 Å². The maximum Gasteiger partial charge on any atom is 0.309 e. The molecule has 8 nitrogen and oxygen atoms in total. The minimum atomic E-state index is -1.18. The molecule has 7 rings (SSSR count).